The topological polar surface area (TPSA) is 122 Å². The van der Waals surface area contributed by atoms with E-state index in [4.69, 9.17) is 11.6 Å². The third kappa shape index (κ3) is 4.81. The van der Waals surface area contributed by atoms with Gasteiger partial charge >= 0.3 is 6.03 Å². The molecule has 0 saturated heterocycles. The minimum absolute atomic E-state index is 0.0504. The Morgan fingerprint density at radius 3 is 2.57 bits per heavy atom. The highest BCUT2D eigenvalue weighted by Gasteiger charge is 2.24. The predicted molar refractivity (Wildman–Crippen MR) is 78.3 cm³/mol. The molecule has 0 bridgehead atoms. The summed E-state index contributed by atoms with van der Waals surface area (Å²) in [6.07, 6.45) is 0. The van der Waals surface area contributed by atoms with Crippen LogP contribution >= 0.6 is 22.9 Å². The minimum Gasteiger partial charge on any atom is -0.337 e. The fraction of sp³-hybridized carbons (Fsp3) is 0.444. The Labute approximate surface area is 130 Å². The van der Waals surface area contributed by atoms with Crippen LogP contribution in [0.4, 0.5) is 10.5 Å². The zero-order valence-electron chi connectivity index (χ0n) is 11.1. The van der Waals surface area contributed by atoms with Crippen LogP contribution in [-0.2, 0) is 10.0 Å². The fourth-order valence-corrected chi connectivity index (χ4v) is 3.92. The highest BCUT2D eigenvalue weighted by atomic mass is 35.5. The number of sulfonamides is 1. The lowest BCUT2D eigenvalue weighted by atomic mass is 10.6. The largest absolute Gasteiger partial charge is 0.337 e. The molecular weight excluding hydrogens is 344 g/mol. The van der Waals surface area contributed by atoms with E-state index < -0.39 is 20.6 Å². The quantitative estimate of drug-likeness (QED) is 0.444. The van der Waals surface area contributed by atoms with Crippen LogP contribution in [0.5, 0.6) is 0 Å². The van der Waals surface area contributed by atoms with E-state index in [9.17, 15) is 23.3 Å². The molecule has 1 rings (SSSR count). The molecule has 1 aromatic heterocycles. The van der Waals surface area contributed by atoms with Gasteiger partial charge in [-0.3, -0.25) is 10.1 Å². The monoisotopic (exact) mass is 356 g/mol. The van der Waals surface area contributed by atoms with Gasteiger partial charge in [-0.2, -0.15) is 0 Å². The lowest BCUT2D eigenvalue weighted by molar-refractivity contribution is -0.384. The summed E-state index contributed by atoms with van der Waals surface area (Å²) in [4.78, 5) is 22.4. The smallest absolute Gasteiger partial charge is 0.316 e. The lowest BCUT2D eigenvalue weighted by Crippen LogP contribution is -2.39. The third-order valence-corrected chi connectivity index (χ3v) is 5.48. The molecule has 2 N–H and O–H groups in total. The molecule has 0 aliphatic heterocycles. The molecule has 118 valence electrons. The number of carbonyl (C=O) groups excluding carboxylic acids is 1. The molecule has 0 spiro atoms. The van der Waals surface area contributed by atoms with Gasteiger partial charge in [0.15, 0.2) is 4.34 Å². The number of halogens is 1. The molecule has 0 radical (unpaired) electrons. The Morgan fingerprint density at radius 2 is 2.10 bits per heavy atom. The van der Waals surface area contributed by atoms with Crippen LogP contribution in [0.25, 0.3) is 0 Å². The van der Waals surface area contributed by atoms with Crippen molar-refractivity contribution >= 4 is 44.7 Å². The van der Waals surface area contributed by atoms with E-state index in [0.29, 0.717) is 11.3 Å². The van der Waals surface area contributed by atoms with Crippen LogP contribution < -0.4 is 10.0 Å². The molecule has 1 heterocycles. The molecule has 9 nitrogen and oxygen atoms in total. The van der Waals surface area contributed by atoms with E-state index in [2.05, 4.69) is 10.0 Å². The van der Waals surface area contributed by atoms with Gasteiger partial charge in [-0.1, -0.05) is 11.6 Å². The molecule has 0 aliphatic rings. The highest BCUT2D eigenvalue weighted by Crippen LogP contribution is 2.35. The van der Waals surface area contributed by atoms with Gasteiger partial charge in [0.1, 0.15) is 4.21 Å². The Morgan fingerprint density at radius 1 is 1.48 bits per heavy atom. The van der Waals surface area contributed by atoms with E-state index in [1.807, 2.05) is 0 Å². The second-order valence-electron chi connectivity index (χ2n) is 4.01. The first-order valence-electron chi connectivity index (χ1n) is 5.53. The normalized spacial score (nSPS) is 11.2. The van der Waals surface area contributed by atoms with Crippen molar-refractivity contribution in [3.05, 3.63) is 20.5 Å². The Kier molecular flexibility index (Phi) is 5.89. The van der Waals surface area contributed by atoms with Crippen LogP contribution in [0.1, 0.15) is 0 Å². The average molecular weight is 357 g/mol. The van der Waals surface area contributed by atoms with Crippen LogP contribution in [0.2, 0.25) is 4.34 Å². The van der Waals surface area contributed by atoms with Gasteiger partial charge < -0.3 is 10.2 Å². The van der Waals surface area contributed by atoms with Crippen molar-refractivity contribution in [3.63, 3.8) is 0 Å². The molecule has 0 atom stereocenters. The molecular formula is C9H13ClN4O5S2. The summed E-state index contributed by atoms with van der Waals surface area (Å²) in [7, 11) is -0.803. The van der Waals surface area contributed by atoms with Crippen molar-refractivity contribution in [2.45, 2.75) is 4.21 Å². The number of nitro groups is 1. The SMILES string of the molecule is CN(C)C(=O)NCCNS(=O)(=O)c1cc([N+](=O)[O-])c(Cl)s1. The van der Waals surface area contributed by atoms with Crippen molar-refractivity contribution in [2.75, 3.05) is 27.2 Å². The van der Waals surface area contributed by atoms with Crippen molar-refractivity contribution in [3.8, 4) is 0 Å². The maximum atomic E-state index is 11.9. The standard InChI is InChI=1S/C9H13ClN4O5S2/c1-13(2)9(15)11-3-4-12-21(18,19)7-5-6(14(16)17)8(10)20-7/h5,12H,3-4H2,1-2H3,(H,11,15). The number of hydrogen-bond acceptors (Lipinski definition) is 6. The van der Waals surface area contributed by atoms with E-state index in [1.165, 1.54) is 4.90 Å². The number of urea groups is 1. The predicted octanol–water partition coefficient (Wildman–Crippen LogP) is 0.859. The zero-order chi connectivity index (χ0) is 16.2. The van der Waals surface area contributed by atoms with Crippen LogP contribution in [0.3, 0.4) is 0 Å². The second kappa shape index (κ2) is 7.02. The molecule has 2 amide bonds. The first kappa shape index (κ1) is 17.6. The summed E-state index contributed by atoms with van der Waals surface area (Å²) >= 11 is 6.20. The first-order valence-corrected chi connectivity index (χ1v) is 8.21. The van der Waals surface area contributed by atoms with E-state index in [1.54, 1.807) is 14.1 Å². The molecule has 0 unspecified atom stereocenters. The van der Waals surface area contributed by atoms with Gasteiger partial charge in [-0.15, -0.1) is 11.3 Å². The number of nitrogens with one attached hydrogen (secondary N) is 2. The molecule has 0 fully saturated rings. The van der Waals surface area contributed by atoms with Crippen molar-refractivity contribution in [1.82, 2.24) is 14.9 Å². The van der Waals surface area contributed by atoms with Crippen molar-refractivity contribution < 1.29 is 18.1 Å². The van der Waals surface area contributed by atoms with E-state index >= 15 is 0 Å². The number of rotatable bonds is 6. The zero-order valence-corrected chi connectivity index (χ0v) is 13.5. The number of carbonyl (C=O) groups is 1. The number of thiophene rings is 1. The highest BCUT2D eigenvalue weighted by molar-refractivity contribution is 7.91. The molecule has 12 heteroatoms. The van der Waals surface area contributed by atoms with Crippen molar-refractivity contribution in [2.24, 2.45) is 0 Å². The van der Waals surface area contributed by atoms with Crippen molar-refractivity contribution in [1.29, 1.82) is 0 Å². The maximum Gasteiger partial charge on any atom is 0.316 e. The molecule has 0 aromatic carbocycles. The molecule has 0 saturated carbocycles. The van der Waals surface area contributed by atoms with Gasteiger partial charge in [0.2, 0.25) is 10.0 Å². The van der Waals surface area contributed by atoms with Crippen LogP contribution in [-0.4, -0.2) is 51.5 Å². The minimum atomic E-state index is -3.90. The molecule has 0 aliphatic carbocycles. The summed E-state index contributed by atoms with van der Waals surface area (Å²) in [5, 5.41) is 13.1. The first-order chi connectivity index (χ1) is 9.65. The number of hydrogen-bond donors (Lipinski definition) is 2. The van der Waals surface area contributed by atoms with Gasteiger partial charge in [0.25, 0.3) is 5.69 Å². The van der Waals surface area contributed by atoms with Gasteiger partial charge in [-0.25, -0.2) is 17.9 Å². The summed E-state index contributed by atoms with van der Waals surface area (Å²) in [5.41, 5.74) is -0.456. The number of amides is 2. The summed E-state index contributed by atoms with van der Waals surface area (Å²) in [6, 6.07) is 0.539. The number of nitrogens with zero attached hydrogens (tertiary/aromatic N) is 2. The molecule has 21 heavy (non-hydrogen) atoms. The fourth-order valence-electron chi connectivity index (χ4n) is 1.18. The van der Waals surface area contributed by atoms with E-state index in [-0.39, 0.29) is 27.7 Å². The van der Waals surface area contributed by atoms with Gasteiger partial charge in [0, 0.05) is 33.3 Å². The van der Waals surface area contributed by atoms with Crippen LogP contribution in [0, 0.1) is 10.1 Å². The van der Waals surface area contributed by atoms with Crippen LogP contribution in [0.15, 0.2) is 10.3 Å². The second-order valence-corrected chi connectivity index (χ2v) is 7.65. The summed E-state index contributed by atoms with van der Waals surface area (Å²) in [5.74, 6) is 0. The Bertz CT molecular complexity index is 643. The Hall–Kier alpha value is -1.43. The van der Waals surface area contributed by atoms with E-state index in [0.717, 1.165) is 6.07 Å². The van der Waals surface area contributed by atoms with Gasteiger partial charge in [-0.05, 0) is 0 Å². The summed E-state index contributed by atoms with van der Waals surface area (Å²) in [6.45, 7) is 0.0304. The average Bonchev–Trinajstić information content (AvgIpc) is 2.77. The van der Waals surface area contributed by atoms with Gasteiger partial charge in [0.05, 0.1) is 4.92 Å². The maximum absolute atomic E-state index is 11.9. The molecule has 1 aromatic rings. The Balaban J connectivity index is 2.64. The summed E-state index contributed by atoms with van der Waals surface area (Å²) < 4.78 is 25.5. The third-order valence-electron chi connectivity index (χ3n) is 2.21. The lowest BCUT2D eigenvalue weighted by Gasteiger charge is -2.11.